The maximum atomic E-state index is 14.1. The Morgan fingerprint density at radius 1 is 0.750 bits per heavy atom. The van der Waals surface area contributed by atoms with E-state index in [0.29, 0.717) is 13.1 Å². The molecule has 4 aromatic rings. The van der Waals surface area contributed by atoms with Crippen LogP contribution in [0.25, 0.3) is 0 Å². The number of likely N-dealkylation sites (tertiary alicyclic amines) is 1. The van der Waals surface area contributed by atoms with Gasteiger partial charge in [0.05, 0.1) is 4.92 Å². The molecule has 5 nitrogen and oxygen atoms in total. The SMILES string of the molecule is O=C1C([P+](c2ccccc2)(c2ccccc2)c2ccccc2)CCN1Cc1ccc([N+](=O)[O-])cc1.[Br-]. The first kappa shape index (κ1) is 25.7. The Morgan fingerprint density at radius 2 is 1.19 bits per heavy atom. The summed E-state index contributed by atoms with van der Waals surface area (Å²) in [5.74, 6) is 0.147. The van der Waals surface area contributed by atoms with Crippen molar-refractivity contribution in [3.8, 4) is 0 Å². The lowest BCUT2D eigenvalue weighted by Gasteiger charge is -2.32. The fraction of sp³-hybridized carbons (Fsp3) is 0.138. The van der Waals surface area contributed by atoms with Crippen LogP contribution in [-0.4, -0.2) is 27.9 Å². The lowest BCUT2D eigenvalue weighted by Crippen LogP contribution is -3.00. The van der Waals surface area contributed by atoms with Gasteiger partial charge < -0.3 is 21.9 Å². The third kappa shape index (κ3) is 4.71. The Balaban J connectivity index is 0.00000304. The summed E-state index contributed by atoms with van der Waals surface area (Å²) in [6.45, 7) is 1.11. The second kappa shape index (κ2) is 11.2. The van der Waals surface area contributed by atoms with Crippen LogP contribution in [0.4, 0.5) is 5.69 Å². The van der Waals surface area contributed by atoms with Gasteiger partial charge in [-0.2, -0.15) is 0 Å². The molecule has 0 aliphatic carbocycles. The zero-order valence-corrected chi connectivity index (χ0v) is 22.1. The van der Waals surface area contributed by atoms with Gasteiger partial charge in [-0.15, -0.1) is 0 Å². The standard InChI is InChI=1S/C29H26N2O3P.BrH/c32-29-28(20-21-30(29)22-23-16-18-24(19-17-23)31(33)34)35(25-10-4-1-5-11-25,26-12-6-2-7-13-26)27-14-8-3-9-15-27;/h1-19,28H,20-22H2;1H/q+1;/p-1. The first-order valence-corrected chi connectivity index (χ1v) is 13.5. The molecule has 1 heterocycles. The number of nitro benzene ring substituents is 1. The number of nitro groups is 1. The number of nitrogens with zero attached hydrogens (tertiary/aromatic N) is 2. The van der Waals surface area contributed by atoms with Gasteiger partial charge >= 0.3 is 0 Å². The molecule has 1 fully saturated rings. The van der Waals surface area contributed by atoms with E-state index in [1.54, 1.807) is 12.1 Å². The molecule has 0 saturated carbocycles. The van der Waals surface area contributed by atoms with Gasteiger partial charge in [-0.25, -0.2) is 0 Å². The van der Waals surface area contributed by atoms with Gasteiger partial charge in [0, 0.05) is 31.6 Å². The monoisotopic (exact) mass is 560 g/mol. The van der Waals surface area contributed by atoms with E-state index < -0.39 is 12.2 Å². The zero-order valence-electron chi connectivity index (χ0n) is 19.6. The average Bonchev–Trinajstić information content (AvgIpc) is 3.27. The van der Waals surface area contributed by atoms with Crippen molar-refractivity contribution < 1.29 is 26.7 Å². The normalized spacial score (nSPS) is 15.4. The zero-order chi connectivity index (χ0) is 24.3. The Bertz CT molecular complexity index is 1220. The summed E-state index contributed by atoms with van der Waals surface area (Å²) in [6.07, 6.45) is 0.762. The Labute approximate surface area is 222 Å². The Morgan fingerprint density at radius 3 is 1.61 bits per heavy atom. The molecule has 5 rings (SSSR count). The van der Waals surface area contributed by atoms with E-state index in [4.69, 9.17) is 0 Å². The highest BCUT2D eigenvalue weighted by Gasteiger charge is 2.58. The van der Waals surface area contributed by atoms with Gasteiger partial charge in [0.25, 0.3) is 11.6 Å². The molecule has 0 aromatic heterocycles. The maximum Gasteiger partial charge on any atom is 0.269 e. The summed E-state index contributed by atoms with van der Waals surface area (Å²) >= 11 is 0. The van der Waals surface area contributed by atoms with E-state index in [1.165, 1.54) is 28.0 Å². The van der Waals surface area contributed by atoms with Gasteiger partial charge in [-0.1, -0.05) is 66.7 Å². The van der Waals surface area contributed by atoms with Gasteiger partial charge in [-0.3, -0.25) is 14.9 Å². The van der Waals surface area contributed by atoms with Crippen LogP contribution < -0.4 is 32.9 Å². The number of amides is 1. The van der Waals surface area contributed by atoms with Gasteiger partial charge in [0.15, 0.2) is 5.66 Å². The molecular formula is C29H26BrN2O3P. The minimum atomic E-state index is -2.30. The van der Waals surface area contributed by atoms with Crippen LogP contribution in [-0.2, 0) is 11.3 Å². The van der Waals surface area contributed by atoms with Gasteiger partial charge in [0.1, 0.15) is 23.2 Å². The minimum absolute atomic E-state index is 0. The predicted molar refractivity (Wildman–Crippen MR) is 142 cm³/mol. The number of halogens is 1. The van der Waals surface area contributed by atoms with Crippen molar-refractivity contribution >= 4 is 34.8 Å². The summed E-state index contributed by atoms with van der Waals surface area (Å²) in [4.78, 5) is 26.6. The number of hydrogen-bond donors (Lipinski definition) is 0. The fourth-order valence-corrected chi connectivity index (χ4v) is 10.1. The van der Waals surface area contributed by atoms with E-state index in [2.05, 4.69) is 72.8 Å². The average molecular weight is 561 g/mol. The number of carbonyl (C=O) groups is 1. The van der Waals surface area contributed by atoms with Crippen LogP contribution >= 0.6 is 7.26 Å². The van der Waals surface area contributed by atoms with Crippen LogP contribution in [0, 0.1) is 10.1 Å². The summed E-state index contributed by atoms with van der Waals surface area (Å²) in [5.41, 5.74) is 0.780. The van der Waals surface area contributed by atoms with E-state index in [-0.39, 0.29) is 34.2 Å². The number of non-ortho nitro benzene ring substituents is 1. The largest absolute Gasteiger partial charge is 1.00 e. The second-order valence-corrected chi connectivity index (χ2v) is 12.3. The molecule has 4 aromatic carbocycles. The van der Waals surface area contributed by atoms with Crippen LogP contribution in [0.15, 0.2) is 115 Å². The Kier molecular flexibility index (Phi) is 7.97. The lowest BCUT2D eigenvalue weighted by atomic mass is 10.2. The van der Waals surface area contributed by atoms with Gasteiger partial charge in [0.2, 0.25) is 0 Å². The summed E-state index contributed by atoms with van der Waals surface area (Å²) in [6, 6.07) is 37.9. The highest BCUT2D eigenvalue weighted by Crippen LogP contribution is 2.62. The van der Waals surface area contributed by atoms with Crippen molar-refractivity contribution in [3.63, 3.8) is 0 Å². The van der Waals surface area contributed by atoms with E-state index in [0.717, 1.165) is 12.0 Å². The van der Waals surface area contributed by atoms with E-state index in [9.17, 15) is 14.9 Å². The summed E-state index contributed by atoms with van der Waals surface area (Å²) in [5, 5.41) is 14.6. The molecule has 36 heavy (non-hydrogen) atoms. The van der Waals surface area contributed by atoms with Crippen molar-refractivity contribution in [2.75, 3.05) is 6.54 Å². The smallest absolute Gasteiger partial charge is 0.269 e. The first-order valence-electron chi connectivity index (χ1n) is 11.7. The second-order valence-electron chi connectivity index (χ2n) is 8.72. The quantitative estimate of drug-likeness (QED) is 0.196. The molecule has 182 valence electrons. The van der Waals surface area contributed by atoms with Crippen molar-refractivity contribution in [2.45, 2.75) is 18.6 Å². The van der Waals surface area contributed by atoms with Crippen LogP contribution in [0.3, 0.4) is 0 Å². The molecule has 1 amide bonds. The number of carbonyl (C=O) groups excluding carboxylic acids is 1. The molecule has 0 N–H and O–H groups in total. The molecule has 7 heteroatoms. The van der Waals surface area contributed by atoms with Crippen LogP contribution in [0.2, 0.25) is 0 Å². The number of rotatable bonds is 7. The highest BCUT2D eigenvalue weighted by molar-refractivity contribution is 7.96. The molecule has 0 bridgehead atoms. The van der Waals surface area contributed by atoms with Gasteiger partial charge in [-0.05, 0) is 42.0 Å². The predicted octanol–water partition coefficient (Wildman–Crippen LogP) is 1.69. The molecule has 1 atom stereocenters. The van der Waals surface area contributed by atoms with Crippen molar-refractivity contribution in [1.29, 1.82) is 0 Å². The molecule has 0 radical (unpaired) electrons. The van der Waals surface area contributed by atoms with E-state index >= 15 is 0 Å². The van der Waals surface area contributed by atoms with Crippen LogP contribution in [0.1, 0.15) is 12.0 Å². The molecule has 1 aliphatic heterocycles. The number of benzene rings is 4. The van der Waals surface area contributed by atoms with Crippen LogP contribution in [0.5, 0.6) is 0 Å². The highest BCUT2D eigenvalue weighted by atomic mass is 79.9. The van der Waals surface area contributed by atoms with Crippen molar-refractivity contribution in [1.82, 2.24) is 4.90 Å². The number of hydrogen-bond acceptors (Lipinski definition) is 3. The molecule has 1 unspecified atom stereocenters. The molecule has 0 spiro atoms. The minimum Gasteiger partial charge on any atom is -1.00 e. The summed E-state index contributed by atoms with van der Waals surface area (Å²) in [7, 11) is -2.30. The molecular weight excluding hydrogens is 535 g/mol. The van der Waals surface area contributed by atoms with E-state index in [1.807, 2.05) is 23.1 Å². The third-order valence-electron chi connectivity index (χ3n) is 6.75. The first-order chi connectivity index (χ1) is 17.1. The topological polar surface area (TPSA) is 63.5 Å². The maximum absolute atomic E-state index is 14.1. The summed E-state index contributed by atoms with van der Waals surface area (Å²) < 4.78 is 0. The Hall–Kier alpha value is -3.34. The van der Waals surface area contributed by atoms with Crippen molar-refractivity contribution in [3.05, 3.63) is 131 Å². The lowest BCUT2D eigenvalue weighted by molar-refractivity contribution is -0.384. The molecule has 1 saturated heterocycles. The van der Waals surface area contributed by atoms with Crippen molar-refractivity contribution in [2.24, 2.45) is 0 Å². The fourth-order valence-electron chi connectivity index (χ4n) is 5.16. The third-order valence-corrected chi connectivity index (χ3v) is 11.5. The molecule has 1 aliphatic rings.